The van der Waals surface area contributed by atoms with Gasteiger partial charge in [0, 0.05) is 71.3 Å². The minimum atomic E-state index is -0.112. The molecule has 0 radical (unpaired) electrons. The Morgan fingerprint density at radius 3 is 2.44 bits per heavy atom. The third kappa shape index (κ3) is 4.82. The fraction of sp³-hybridized carbons (Fsp3) is 0.522. The Hall–Kier alpha value is -2.42. The van der Waals surface area contributed by atoms with Gasteiger partial charge in [0.2, 0.25) is 5.91 Å². The van der Waals surface area contributed by atoms with E-state index in [9.17, 15) is 9.59 Å². The van der Waals surface area contributed by atoms with Crippen LogP contribution in [0.4, 0.5) is 5.82 Å². The minimum absolute atomic E-state index is 0.00306. The number of likely N-dealkylation sites (N-methyl/N-ethyl adjacent to an activating group) is 1. The van der Waals surface area contributed by atoms with Crippen LogP contribution in [0.15, 0.2) is 24.3 Å². The number of carbonyl (C=O) groups is 2. The molecule has 0 atom stereocenters. The Balaban J connectivity index is 1.62. The van der Waals surface area contributed by atoms with E-state index in [0.717, 1.165) is 68.1 Å². The van der Waals surface area contributed by atoms with Gasteiger partial charge < -0.3 is 20.0 Å². The summed E-state index contributed by atoms with van der Waals surface area (Å²) in [5, 5.41) is 3.73. The number of amides is 2. The second-order valence-electron chi connectivity index (χ2n) is 8.51. The molecule has 0 aliphatic carbocycles. The molecule has 172 valence electrons. The molecule has 1 aromatic heterocycles. The molecule has 3 heterocycles. The van der Waals surface area contributed by atoms with Crippen molar-refractivity contribution in [2.45, 2.75) is 6.54 Å². The van der Waals surface area contributed by atoms with Crippen LogP contribution in [0.25, 0.3) is 10.9 Å². The molecule has 2 aliphatic heterocycles. The highest BCUT2D eigenvalue weighted by atomic mass is 35.5. The summed E-state index contributed by atoms with van der Waals surface area (Å²) in [7, 11) is 3.77. The van der Waals surface area contributed by atoms with E-state index in [1.54, 1.807) is 7.05 Å². The first-order valence-corrected chi connectivity index (χ1v) is 11.7. The van der Waals surface area contributed by atoms with Crippen LogP contribution >= 0.6 is 11.6 Å². The summed E-state index contributed by atoms with van der Waals surface area (Å²) in [5.74, 6) is 0.682. The maximum absolute atomic E-state index is 12.7. The van der Waals surface area contributed by atoms with E-state index in [0.29, 0.717) is 18.7 Å². The molecule has 0 bridgehead atoms. The van der Waals surface area contributed by atoms with Gasteiger partial charge in [0.15, 0.2) is 0 Å². The van der Waals surface area contributed by atoms with Crippen molar-refractivity contribution in [3.05, 3.63) is 35.4 Å². The number of nitrogens with zero attached hydrogens (tertiary/aromatic N) is 5. The van der Waals surface area contributed by atoms with Crippen LogP contribution in [0.2, 0.25) is 0 Å². The first-order chi connectivity index (χ1) is 15.5. The number of anilines is 1. The van der Waals surface area contributed by atoms with Crippen molar-refractivity contribution in [3.63, 3.8) is 0 Å². The van der Waals surface area contributed by atoms with Gasteiger partial charge in [0.25, 0.3) is 5.91 Å². The van der Waals surface area contributed by atoms with Crippen molar-refractivity contribution in [3.8, 4) is 0 Å². The molecular weight excluding hydrogens is 428 g/mol. The van der Waals surface area contributed by atoms with Gasteiger partial charge in [0.05, 0.1) is 11.1 Å². The van der Waals surface area contributed by atoms with Gasteiger partial charge in [-0.25, -0.2) is 4.98 Å². The lowest BCUT2D eigenvalue weighted by atomic mass is 10.1. The fourth-order valence-electron chi connectivity index (χ4n) is 4.42. The largest absolute Gasteiger partial charge is 0.355 e. The van der Waals surface area contributed by atoms with Gasteiger partial charge in [-0.1, -0.05) is 18.2 Å². The molecule has 0 unspecified atom stereocenters. The van der Waals surface area contributed by atoms with E-state index >= 15 is 0 Å². The Morgan fingerprint density at radius 2 is 1.78 bits per heavy atom. The number of alkyl halides is 1. The molecule has 0 saturated carbocycles. The van der Waals surface area contributed by atoms with Crippen molar-refractivity contribution >= 4 is 40.1 Å². The van der Waals surface area contributed by atoms with Crippen molar-refractivity contribution in [2.24, 2.45) is 0 Å². The van der Waals surface area contributed by atoms with E-state index in [2.05, 4.69) is 33.1 Å². The van der Waals surface area contributed by atoms with Crippen LogP contribution in [-0.2, 0) is 11.3 Å². The summed E-state index contributed by atoms with van der Waals surface area (Å²) in [6.07, 6.45) is 0. The zero-order chi connectivity index (χ0) is 22.7. The average Bonchev–Trinajstić information content (AvgIpc) is 2.83. The Bertz CT molecular complexity index is 984. The van der Waals surface area contributed by atoms with E-state index < -0.39 is 0 Å². The van der Waals surface area contributed by atoms with Crippen molar-refractivity contribution in [2.75, 3.05) is 77.2 Å². The first kappa shape index (κ1) is 22.8. The van der Waals surface area contributed by atoms with E-state index in [1.807, 2.05) is 23.1 Å². The molecular formula is C23H31ClN6O2. The summed E-state index contributed by atoms with van der Waals surface area (Å²) in [5.41, 5.74) is 2.70. The van der Waals surface area contributed by atoms with Gasteiger partial charge in [-0.2, -0.15) is 0 Å². The topological polar surface area (TPSA) is 72.0 Å². The van der Waals surface area contributed by atoms with Crippen molar-refractivity contribution in [1.82, 2.24) is 25.0 Å². The lowest BCUT2D eigenvalue weighted by molar-refractivity contribution is -0.130. The maximum atomic E-state index is 12.7. The van der Waals surface area contributed by atoms with Crippen LogP contribution < -0.4 is 10.2 Å². The molecule has 9 heteroatoms. The normalized spacial score (nSPS) is 18.2. The van der Waals surface area contributed by atoms with Crippen LogP contribution in [0.5, 0.6) is 0 Å². The Labute approximate surface area is 194 Å². The van der Waals surface area contributed by atoms with Crippen molar-refractivity contribution in [1.29, 1.82) is 0 Å². The van der Waals surface area contributed by atoms with Crippen molar-refractivity contribution < 1.29 is 9.59 Å². The summed E-state index contributed by atoms with van der Waals surface area (Å²) in [6, 6.07) is 8.12. The van der Waals surface area contributed by atoms with Gasteiger partial charge in [-0.3, -0.25) is 14.5 Å². The zero-order valence-electron chi connectivity index (χ0n) is 18.8. The number of piperazine rings is 2. The molecule has 2 saturated heterocycles. The van der Waals surface area contributed by atoms with Crippen LogP contribution in [0.1, 0.15) is 15.9 Å². The number of pyridine rings is 1. The summed E-state index contributed by atoms with van der Waals surface area (Å²) < 4.78 is 0. The molecule has 0 spiro atoms. The molecule has 1 aromatic carbocycles. The first-order valence-electron chi connectivity index (χ1n) is 11.1. The number of hydrogen-bond donors (Lipinski definition) is 1. The number of para-hydroxylation sites is 1. The lowest BCUT2D eigenvalue weighted by Gasteiger charge is -2.35. The van der Waals surface area contributed by atoms with Gasteiger partial charge in [-0.15, -0.1) is 11.6 Å². The smallest absolute Gasteiger partial charge is 0.254 e. The number of halogens is 1. The Kier molecular flexibility index (Phi) is 7.13. The quantitative estimate of drug-likeness (QED) is 0.679. The fourth-order valence-corrected chi connectivity index (χ4v) is 4.59. The molecule has 32 heavy (non-hydrogen) atoms. The molecule has 2 fully saturated rings. The summed E-state index contributed by atoms with van der Waals surface area (Å²) >= 11 is 5.70. The minimum Gasteiger partial charge on any atom is -0.355 e. The number of hydrogen-bond acceptors (Lipinski definition) is 6. The number of fused-ring (bicyclic) bond motifs is 1. The number of benzene rings is 1. The van der Waals surface area contributed by atoms with Crippen LogP contribution in [0.3, 0.4) is 0 Å². The molecule has 1 N–H and O–H groups in total. The molecule has 2 amide bonds. The summed E-state index contributed by atoms with van der Waals surface area (Å²) in [4.78, 5) is 38.2. The summed E-state index contributed by atoms with van der Waals surface area (Å²) in [6.45, 7) is 7.33. The third-order valence-corrected chi connectivity index (χ3v) is 6.65. The third-order valence-electron chi connectivity index (χ3n) is 6.42. The number of rotatable bonds is 5. The number of carbonyl (C=O) groups excluding carboxylic acids is 2. The van der Waals surface area contributed by atoms with E-state index in [1.165, 1.54) is 0 Å². The average molecular weight is 459 g/mol. The second kappa shape index (κ2) is 10.0. The molecule has 2 aromatic rings. The monoisotopic (exact) mass is 458 g/mol. The Morgan fingerprint density at radius 1 is 1.06 bits per heavy atom. The zero-order valence-corrected chi connectivity index (χ0v) is 19.6. The highest BCUT2D eigenvalue weighted by Gasteiger charge is 2.24. The van der Waals surface area contributed by atoms with E-state index in [-0.39, 0.29) is 17.7 Å². The molecule has 4 rings (SSSR count). The lowest BCUT2D eigenvalue weighted by Crippen LogP contribution is -2.48. The molecule has 2 aliphatic rings. The number of nitrogens with one attached hydrogen (secondary N) is 1. The standard InChI is InChI=1S/C23H31ClN6O2/c1-25-23(32)19-14-17-4-3-5-18(16-28-8-12-29(13-9-28)20(31)15-24)21(17)26-22(19)30-10-6-27(2)7-11-30/h3-5,14H,6-13,15-16H2,1-2H3,(H,25,32). The van der Waals surface area contributed by atoms with E-state index in [4.69, 9.17) is 16.6 Å². The number of aromatic nitrogens is 1. The highest BCUT2D eigenvalue weighted by Crippen LogP contribution is 2.27. The predicted octanol–water partition coefficient (Wildman–Crippen LogP) is 1.23. The van der Waals surface area contributed by atoms with Gasteiger partial charge in [0.1, 0.15) is 11.7 Å². The van der Waals surface area contributed by atoms with Gasteiger partial charge >= 0.3 is 0 Å². The molecule has 8 nitrogen and oxygen atoms in total. The van der Waals surface area contributed by atoms with Gasteiger partial charge in [-0.05, 0) is 18.7 Å². The SMILES string of the molecule is CNC(=O)c1cc2cccc(CN3CCN(C(=O)CCl)CC3)c2nc1N1CCN(C)CC1. The maximum Gasteiger partial charge on any atom is 0.254 e. The highest BCUT2D eigenvalue weighted by molar-refractivity contribution is 6.27. The second-order valence-corrected chi connectivity index (χ2v) is 8.78. The predicted molar refractivity (Wildman–Crippen MR) is 127 cm³/mol. The van der Waals surface area contributed by atoms with Crippen LogP contribution in [-0.4, -0.2) is 104 Å². The van der Waals surface area contributed by atoms with Crippen LogP contribution in [0, 0.1) is 0 Å².